The molecule has 4 nitrogen and oxygen atoms in total. The third kappa shape index (κ3) is 5.93. The minimum atomic E-state index is -0.0384. The lowest BCUT2D eigenvalue weighted by molar-refractivity contribution is -0.122. The highest BCUT2D eigenvalue weighted by Gasteiger charge is 2.33. The Morgan fingerprint density at radius 3 is 2.08 bits per heavy atom. The highest BCUT2D eigenvalue weighted by Crippen LogP contribution is 2.35. The Morgan fingerprint density at radius 2 is 1.36 bits per heavy atom. The average molecular weight is 491 g/mol. The second kappa shape index (κ2) is 11.6. The summed E-state index contributed by atoms with van der Waals surface area (Å²) in [5.74, 6) is 0.704. The number of carbonyl (C=O) groups is 1. The van der Waals surface area contributed by atoms with Crippen LogP contribution in [0.3, 0.4) is 0 Å². The van der Waals surface area contributed by atoms with Crippen LogP contribution < -0.4 is 4.74 Å². The van der Waals surface area contributed by atoms with Crippen LogP contribution in [0, 0.1) is 0 Å². The predicted octanol–water partition coefficient (Wildman–Crippen LogP) is 7.11. The zero-order valence-corrected chi connectivity index (χ0v) is 20.6. The van der Waals surface area contributed by atoms with Crippen molar-refractivity contribution in [2.75, 3.05) is 6.54 Å². The molecule has 0 N–H and O–H groups in total. The lowest BCUT2D eigenvalue weighted by Crippen LogP contribution is -2.31. The molecule has 178 valence electrons. The first kappa shape index (κ1) is 23.6. The number of thioether (sulfide) groups is 1. The largest absolute Gasteiger partial charge is 0.488 e. The van der Waals surface area contributed by atoms with Gasteiger partial charge in [0.05, 0.1) is 10.6 Å². The number of hydrogen-bond acceptors (Lipinski definition) is 4. The normalized spacial score (nSPS) is 15.6. The molecular formula is C31H26N2O2S. The Kier molecular flexibility index (Phi) is 7.59. The van der Waals surface area contributed by atoms with Crippen LogP contribution in [-0.2, 0) is 17.8 Å². The molecule has 4 aromatic rings. The molecule has 0 radical (unpaired) electrons. The number of benzene rings is 4. The standard InChI is InChI=1S/C31H26N2O2S/c34-30-29(22-26-16-10-11-19-28(26)35-23-25-14-6-2-7-15-25)36-31(32-27-17-8-3-9-18-27)33(30)21-20-24-12-4-1-5-13-24/h1-19,22H,20-21,23H2/b29-22+,32-31?. The van der Waals surface area contributed by atoms with Crippen molar-refractivity contribution in [3.63, 3.8) is 0 Å². The highest BCUT2D eigenvalue weighted by atomic mass is 32.2. The van der Waals surface area contributed by atoms with E-state index in [0.29, 0.717) is 23.2 Å². The van der Waals surface area contributed by atoms with Gasteiger partial charge in [-0.3, -0.25) is 9.69 Å². The van der Waals surface area contributed by atoms with Crippen LogP contribution in [0.4, 0.5) is 5.69 Å². The van der Waals surface area contributed by atoms with E-state index in [1.165, 1.54) is 17.3 Å². The van der Waals surface area contributed by atoms with E-state index in [-0.39, 0.29) is 5.91 Å². The molecule has 0 spiro atoms. The van der Waals surface area contributed by atoms with Gasteiger partial charge in [0.2, 0.25) is 0 Å². The molecule has 0 bridgehead atoms. The van der Waals surface area contributed by atoms with Gasteiger partial charge in [-0.05, 0) is 53.6 Å². The maximum absolute atomic E-state index is 13.5. The monoisotopic (exact) mass is 490 g/mol. The fourth-order valence-electron chi connectivity index (χ4n) is 3.89. The van der Waals surface area contributed by atoms with Gasteiger partial charge < -0.3 is 4.74 Å². The molecule has 1 aliphatic heterocycles. The van der Waals surface area contributed by atoms with Gasteiger partial charge in [0.25, 0.3) is 5.91 Å². The van der Waals surface area contributed by atoms with E-state index in [4.69, 9.17) is 9.73 Å². The summed E-state index contributed by atoms with van der Waals surface area (Å²) < 4.78 is 6.11. The number of nitrogens with zero attached hydrogens (tertiary/aromatic N) is 2. The molecule has 4 aromatic carbocycles. The van der Waals surface area contributed by atoms with Gasteiger partial charge in [-0.1, -0.05) is 97.1 Å². The molecular weight excluding hydrogens is 464 g/mol. The first-order chi connectivity index (χ1) is 17.8. The number of aliphatic imine (C=N–C) groups is 1. The van der Waals surface area contributed by atoms with Crippen molar-refractivity contribution in [2.45, 2.75) is 13.0 Å². The van der Waals surface area contributed by atoms with Gasteiger partial charge in [-0.15, -0.1) is 0 Å². The van der Waals surface area contributed by atoms with Crippen molar-refractivity contribution < 1.29 is 9.53 Å². The van der Waals surface area contributed by atoms with Crippen LogP contribution in [0.1, 0.15) is 16.7 Å². The number of rotatable bonds is 8. The van der Waals surface area contributed by atoms with Crippen LogP contribution in [-0.4, -0.2) is 22.5 Å². The molecule has 1 amide bonds. The van der Waals surface area contributed by atoms with E-state index in [1.807, 2.05) is 109 Å². The zero-order valence-electron chi connectivity index (χ0n) is 19.8. The Bertz CT molecular complexity index is 1370. The molecule has 0 aromatic heterocycles. The maximum Gasteiger partial charge on any atom is 0.266 e. The van der Waals surface area contributed by atoms with Crippen molar-refractivity contribution >= 4 is 34.6 Å². The van der Waals surface area contributed by atoms with E-state index in [0.717, 1.165) is 29.0 Å². The zero-order chi connectivity index (χ0) is 24.6. The molecule has 1 heterocycles. The number of hydrogen-bond donors (Lipinski definition) is 0. The van der Waals surface area contributed by atoms with Crippen molar-refractivity contribution in [1.82, 2.24) is 4.90 Å². The fourth-order valence-corrected chi connectivity index (χ4v) is 4.91. The summed E-state index contributed by atoms with van der Waals surface area (Å²) in [6.07, 6.45) is 2.67. The van der Waals surface area contributed by atoms with Gasteiger partial charge in [-0.2, -0.15) is 0 Å². The molecule has 0 unspecified atom stereocenters. The lowest BCUT2D eigenvalue weighted by Gasteiger charge is -2.15. The quantitative estimate of drug-likeness (QED) is 0.247. The van der Waals surface area contributed by atoms with Gasteiger partial charge in [0.1, 0.15) is 12.4 Å². The molecule has 0 atom stereocenters. The van der Waals surface area contributed by atoms with E-state index >= 15 is 0 Å². The van der Waals surface area contributed by atoms with Gasteiger partial charge in [0, 0.05) is 12.1 Å². The summed E-state index contributed by atoms with van der Waals surface area (Å²) in [6, 6.07) is 37.8. The van der Waals surface area contributed by atoms with E-state index in [2.05, 4.69) is 12.1 Å². The van der Waals surface area contributed by atoms with Crippen molar-refractivity contribution in [2.24, 2.45) is 4.99 Å². The molecule has 1 saturated heterocycles. The number of amidine groups is 1. The summed E-state index contributed by atoms with van der Waals surface area (Å²) in [5.41, 5.74) is 3.97. The average Bonchev–Trinajstić information content (AvgIpc) is 3.22. The van der Waals surface area contributed by atoms with Crippen molar-refractivity contribution in [1.29, 1.82) is 0 Å². The Morgan fingerprint density at radius 1 is 0.750 bits per heavy atom. The predicted molar refractivity (Wildman–Crippen MR) is 148 cm³/mol. The Hall–Kier alpha value is -4.09. The minimum absolute atomic E-state index is 0.0384. The summed E-state index contributed by atoms with van der Waals surface area (Å²) in [6.45, 7) is 1.02. The first-order valence-electron chi connectivity index (χ1n) is 11.9. The molecule has 0 saturated carbocycles. The van der Waals surface area contributed by atoms with Gasteiger partial charge >= 0.3 is 0 Å². The third-order valence-electron chi connectivity index (χ3n) is 5.78. The van der Waals surface area contributed by atoms with Crippen LogP contribution in [0.2, 0.25) is 0 Å². The van der Waals surface area contributed by atoms with E-state index in [1.54, 1.807) is 4.90 Å². The van der Waals surface area contributed by atoms with Crippen LogP contribution in [0.15, 0.2) is 125 Å². The van der Waals surface area contributed by atoms with Crippen LogP contribution in [0.5, 0.6) is 5.75 Å². The molecule has 1 aliphatic rings. The van der Waals surface area contributed by atoms with E-state index in [9.17, 15) is 4.79 Å². The first-order valence-corrected chi connectivity index (χ1v) is 12.7. The molecule has 1 fully saturated rings. The summed E-state index contributed by atoms with van der Waals surface area (Å²) in [5, 5.41) is 0.691. The fraction of sp³-hybridized carbons (Fsp3) is 0.0968. The van der Waals surface area contributed by atoms with Crippen molar-refractivity contribution in [3.8, 4) is 5.75 Å². The third-order valence-corrected chi connectivity index (χ3v) is 6.79. The number of ether oxygens (including phenoxy) is 1. The Balaban J connectivity index is 1.41. The van der Waals surface area contributed by atoms with Gasteiger partial charge in [-0.25, -0.2) is 4.99 Å². The highest BCUT2D eigenvalue weighted by molar-refractivity contribution is 8.18. The molecule has 36 heavy (non-hydrogen) atoms. The second-order valence-electron chi connectivity index (χ2n) is 8.35. The van der Waals surface area contributed by atoms with Gasteiger partial charge in [0.15, 0.2) is 5.17 Å². The Labute approximate surface area is 216 Å². The summed E-state index contributed by atoms with van der Waals surface area (Å²) >= 11 is 1.41. The van der Waals surface area contributed by atoms with E-state index < -0.39 is 0 Å². The molecule has 5 rings (SSSR count). The lowest BCUT2D eigenvalue weighted by atomic mass is 10.1. The van der Waals surface area contributed by atoms with Crippen LogP contribution >= 0.6 is 11.8 Å². The number of carbonyl (C=O) groups excluding carboxylic acids is 1. The maximum atomic E-state index is 13.5. The summed E-state index contributed by atoms with van der Waals surface area (Å²) in [7, 11) is 0. The molecule has 5 heteroatoms. The second-order valence-corrected chi connectivity index (χ2v) is 9.35. The topological polar surface area (TPSA) is 41.9 Å². The molecule has 0 aliphatic carbocycles. The smallest absolute Gasteiger partial charge is 0.266 e. The number of para-hydroxylation sites is 2. The summed E-state index contributed by atoms with van der Waals surface area (Å²) in [4.78, 5) is 20.8. The minimum Gasteiger partial charge on any atom is -0.488 e. The van der Waals surface area contributed by atoms with Crippen LogP contribution in [0.25, 0.3) is 6.08 Å². The number of amides is 1. The van der Waals surface area contributed by atoms with Crippen molar-refractivity contribution in [3.05, 3.63) is 137 Å². The SMILES string of the molecule is O=C1/C(=C\c2ccccc2OCc2ccccc2)SC(=Nc2ccccc2)N1CCc1ccccc1.